The van der Waals surface area contributed by atoms with Crippen molar-refractivity contribution in [3.8, 4) is 11.1 Å². The van der Waals surface area contributed by atoms with E-state index >= 15 is 0 Å². The number of fused-ring (bicyclic) bond motifs is 3. The maximum Gasteiger partial charge on any atom is 0.0636 e. The predicted octanol–water partition coefficient (Wildman–Crippen LogP) is 4.10. The number of aromatic amines is 1. The van der Waals surface area contributed by atoms with Crippen molar-refractivity contribution in [3.05, 3.63) is 59.3 Å². The molecule has 1 heterocycles. The van der Waals surface area contributed by atoms with Crippen molar-refractivity contribution in [2.45, 2.75) is 38.8 Å². The third-order valence-corrected chi connectivity index (χ3v) is 5.04. The van der Waals surface area contributed by atoms with Gasteiger partial charge in [-0.25, -0.2) is 0 Å². The molecule has 0 unspecified atom stereocenters. The average molecular weight is 320 g/mol. The number of hydrogen-bond acceptors (Lipinski definition) is 2. The summed E-state index contributed by atoms with van der Waals surface area (Å²) < 4.78 is 0. The van der Waals surface area contributed by atoms with Crippen LogP contribution in [0.4, 0.5) is 0 Å². The monoisotopic (exact) mass is 320 g/mol. The van der Waals surface area contributed by atoms with E-state index in [2.05, 4.69) is 59.7 Å². The summed E-state index contributed by atoms with van der Waals surface area (Å²) in [6, 6.07) is 15.5. The third kappa shape index (κ3) is 2.64. The minimum absolute atomic E-state index is 0.315. The molecule has 3 nitrogen and oxygen atoms in total. The summed E-state index contributed by atoms with van der Waals surface area (Å²) in [6.45, 7) is 4.64. The molecule has 0 radical (unpaired) electrons. The molecule has 124 valence electrons. The zero-order valence-electron chi connectivity index (χ0n) is 14.3. The van der Waals surface area contributed by atoms with Crippen LogP contribution in [0.2, 0.25) is 0 Å². The first-order valence-electron chi connectivity index (χ1n) is 8.75. The molecule has 1 aliphatic carbocycles. The lowest BCUT2D eigenvalue weighted by Crippen LogP contribution is -2.27. The van der Waals surface area contributed by atoms with Crippen LogP contribution in [-0.4, -0.2) is 22.7 Å². The van der Waals surface area contributed by atoms with Gasteiger partial charge in [-0.05, 0) is 61.1 Å². The Kier molecular flexibility index (Phi) is 3.91. The Labute approximate surface area is 142 Å². The highest BCUT2D eigenvalue weighted by Gasteiger charge is 2.27. The second-order valence-electron chi connectivity index (χ2n) is 6.95. The van der Waals surface area contributed by atoms with Gasteiger partial charge in [0.15, 0.2) is 0 Å². The van der Waals surface area contributed by atoms with E-state index in [1.165, 1.54) is 38.9 Å². The van der Waals surface area contributed by atoms with Crippen molar-refractivity contribution in [1.29, 1.82) is 0 Å². The SMILES string of the molecule is Cc1cc(-c2ccccc2)cc2c3c([nH]c12)[C@@H](NC[C@H](C)O)CC3. The molecule has 24 heavy (non-hydrogen) atoms. The van der Waals surface area contributed by atoms with E-state index < -0.39 is 0 Å². The predicted molar refractivity (Wildman–Crippen MR) is 99.2 cm³/mol. The van der Waals surface area contributed by atoms with Gasteiger partial charge in [-0.15, -0.1) is 0 Å². The van der Waals surface area contributed by atoms with Crippen molar-refractivity contribution >= 4 is 10.9 Å². The van der Waals surface area contributed by atoms with Crippen LogP contribution in [0.25, 0.3) is 22.0 Å². The Morgan fingerprint density at radius 3 is 2.75 bits per heavy atom. The van der Waals surface area contributed by atoms with Gasteiger partial charge in [0.25, 0.3) is 0 Å². The number of aliphatic hydroxyl groups excluding tert-OH is 1. The lowest BCUT2D eigenvalue weighted by molar-refractivity contribution is 0.186. The topological polar surface area (TPSA) is 48.0 Å². The van der Waals surface area contributed by atoms with E-state index in [-0.39, 0.29) is 6.10 Å². The van der Waals surface area contributed by atoms with Crippen molar-refractivity contribution in [2.75, 3.05) is 6.54 Å². The Hall–Kier alpha value is -2.10. The molecule has 1 aliphatic rings. The van der Waals surface area contributed by atoms with Crippen molar-refractivity contribution in [3.63, 3.8) is 0 Å². The van der Waals surface area contributed by atoms with Crippen LogP contribution >= 0.6 is 0 Å². The molecule has 3 heteroatoms. The van der Waals surface area contributed by atoms with Gasteiger partial charge >= 0.3 is 0 Å². The lowest BCUT2D eigenvalue weighted by Gasteiger charge is -2.14. The summed E-state index contributed by atoms with van der Waals surface area (Å²) in [5.41, 5.74) is 7.83. The summed E-state index contributed by atoms with van der Waals surface area (Å²) in [6.07, 6.45) is 1.87. The van der Waals surface area contributed by atoms with Crippen LogP contribution in [0.3, 0.4) is 0 Å². The first-order valence-corrected chi connectivity index (χ1v) is 8.75. The van der Waals surface area contributed by atoms with Crippen LogP contribution < -0.4 is 5.32 Å². The van der Waals surface area contributed by atoms with Gasteiger partial charge in [0, 0.05) is 29.2 Å². The molecule has 4 rings (SSSR count). The molecule has 1 aromatic heterocycles. The summed E-state index contributed by atoms with van der Waals surface area (Å²) in [5.74, 6) is 0. The fourth-order valence-electron chi connectivity index (χ4n) is 3.86. The minimum Gasteiger partial charge on any atom is -0.392 e. The Balaban J connectivity index is 1.77. The van der Waals surface area contributed by atoms with Crippen LogP contribution in [0, 0.1) is 6.92 Å². The van der Waals surface area contributed by atoms with E-state index in [0.717, 1.165) is 12.8 Å². The maximum atomic E-state index is 9.53. The van der Waals surface area contributed by atoms with E-state index in [0.29, 0.717) is 12.6 Å². The van der Waals surface area contributed by atoms with Gasteiger partial charge in [-0.2, -0.15) is 0 Å². The molecule has 0 saturated carbocycles. The molecule has 0 bridgehead atoms. The van der Waals surface area contributed by atoms with Crippen LogP contribution in [-0.2, 0) is 6.42 Å². The van der Waals surface area contributed by atoms with Crippen molar-refractivity contribution in [2.24, 2.45) is 0 Å². The number of aryl methyl sites for hydroxylation is 2. The number of aliphatic hydroxyl groups is 1. The fourth-order valence-corrected chi connectivity index (χ4v) is 3.86. The zero-order valence-corrected chi connectivity index (χ0v) is 14.3. The highest BCUT2D eigenvalue weighted by molar-refractivity contribution is 5.92. The number of rotatable bonds is 4. The maximum absolute atomic E-state index is 9.53. The molecule has 0 aliphatic heterocycles. The molecule has 2 atom stereocenters. The molecule has 0 fully saturated rings. The van der Waals surface area contributed by atoms with E-state index in [1.807, 2.05) is 6.92 Å². The van der Waals surface area contributed by atoms with Gasteiger partial charge in [0.2, 0.25) is 0 Å². The summed E-state index contributed by atoms with van der Waals surface area (Å²) in [4.78, 5) is 3.65. The van der Waals surface area contributed by atoms with Gasteiger partial charge in [0.1, 0.15) is 0 Å². The lowest BCUT2D eigenvalue weighted by atomic mass is 9.99. The van der Waals surface area contributed by atoms with Crippen molar-refractivity contribution in [1.82, 2.24) is 10.3 Å². The molecule has 3 aromatic rings. The minimum atomic E-state index is -0.315. The number of aromatic nitrogens is 1. The largest absolute Gasteiger partial charge is 0.392 e. The quantitative estimate of drug-likeness (QED) is 0.678. The number of H-pyrrole nitrogens is 1. The fraction of sp³-hybridized carbons (Fsp3) is 0.333. The number of benzene rings is 2. The van der Waals surface area contributed by atoms with Crippen molar-refractivity contribution < 1.29 is 5.11 Å². The summed E-state index contributed by atoms with van der Waals surface area (Å²) in [5, 5.41) is 14.4. The molecule has 0 amide bonds. The second-order valence-corrected chi connectivity index (χ2v) is 6.95. The van der Waals surface area contributed by atoms with Crippen LogP contribution in [0.15, 0.2) is 42.5 Å². The standard InChI is InChI=1S/C21H24N2O/c1-13-10-16(15-6-4-3-5-7-15)11-18-17-8-9-19(22-12-14(2)24)21(17)23-20(13)18/h3-7,10-11,14,19,22-24H,8-9,12H2,1-2H3/t14-,19-/m0/s1. The van der Waals surface area contributed by atoms with Gasteiger partial charge in [-0.3, -0.25) is 0 Å². The Bertz CT molecular complexity index is 864. The molecular weight excluding hydrogens is 296 g/mol. The highest BCUT2D eigenvalue weighted by Crippen LogP contribution is 2.39. The average Bonchev–Trinajstić information content (AvgIpc) is 3.14. The first-order chi connectivity index (χ1) is 11.6. The first kappa shape index (κ1) is 15.4. The van der Waals surface area contributed by atoms with Gasteiger partial charge in [0.05, 0.1) is 6.10 Å². The molecule has 2 aromatic carbocycles. The molecule has 0 spiro atoms. The zero-order chi connectivity index (χ0) is 16.7. The molecule has 0 saturated heterocycles. The van der Waals surface area contributed by atoms with Crippen LogP contribution in [0.5, 0.6) is 0 Å². The normalized spacial score (nSPS) is 18.0. The van der Waals surface area contributed by atoms with E-state index in [4.69, 9.17) is 0 Å². The Morgan fingerprint density at radius 1 is 1.21 bits per heavy atom. The molecular formula is C21H24N2O. The summed E-state index contributed by atoms with van der Waals surface area (Å²) >= 11 is 0. The Morgan fingerprint density at radius 2 is 2.00 bits per heavy atom. The smallest absolute Gasteiger partial charge is 0.0636 e. The number of hydrogen-bond donors (Lipinski definition) is 3. The molecule has 3 N–H and O–H groups in total. The van der Waals surface area contributed by atoms with E-state index in [9.17, 15) is 5.11 Å². The van der Waals surface area contributed by atoms with E-state index in [1.54, 1.807) is 0 Å². The van der Waals surface area contributed by atoms with Gasteiger partial charge in [-0.1, -0.05) is 30.3 Å². The van der Waals surface area contributed by atoms with Gasteiger partial charge < -0.3 is 15.4 Å². The van der Waals surface area contributed by atoms with Crippen LogP contribution in [0.1, 0.15) is 36.2 Å². The highest BCUT2D eigenvalue weighted by atomic mass is 16.3. The second kappa shape index (κ2) is 6.08. The summed E-state index contributed by atoms with van der Waals surface area (Å²) in [7, 11) is 0. The third-order valence-electron chi connectivity index (χ3n) is 5.04. The number of nitrogens with one attached hydrogen (secondary N) is 2.